The second-order valence-corrected chi connectivity index (χ2v) is 2.34. The van der Waals surface area contributed by atoms with Crippen LogP contribution in [0, 0.1) is 16.5 Å². The average Bonchev–Trinajstić information content (AvgIpc) is 2.52. The summed E-state index contributed by atoms with van der Waals surface area (Å²) in [6.07, 6.45) is 2.71. The highest BCUT2D eigenvalue weighted by Crippen LogP contribution is 2.06. The van der Waals surface area contributed by atoms with Crippen LogP contribution in [-0.2, 0) is 0 Å². The van der Waals surface area contributed by atoms with Gasteiger partial charge in [-0.2, -0.15) is 5.26 Å². The summed E-state index contributed by atoms with van der Waals surface area (Å²) in [7, 11) is 0. The van der Waals surface area contributed by atoms with Crippen LogP contribution in [0.5, 0.6) is 0 Å². The molecule has 0 amide bonds. The third kappa shape index (κ3) is 0.787. The minimum atomic E-state index is 0.332. The van der Waals surface area contributed by atoms with Crippen molar-refractivity contribution >= 4 is 11.0 Å². The molecule has 5 heteroatoms. The van der Waals surface area contributed by atoms with Gasteiger partial charge in [-0.1, -0.05) is 5.10 Å². The first-order chi connectivity index (χ1) is 5.81. The number of aromatic nitrogens is 3. The molecule has 5 nitrogen and oxygen atoms in total. The van der Waals surface area contributed by atoms with Gasteiger partial charge in [0.25, 0.3) is 0 Å². The van der Waals surface area contributed by atoms with Gasteiger partial charge in [-0.3, -0.25) is 0 Å². The molecule has 0 fully saturated rings. The molecular formula is C7H4N4O. The fraction of sp³-hybridized carbons (Fsp3) is 0. The number of nitrogens with zero attached hydrogens (tertiary/aromatic N) is 3. The zero-order valence-corrected chi connectivity index (χ0v) is 5.98. The lowest BCUT2D eigenvalue weighted by Gasteiger charge is -2.00. The normalized spacial score (nSPS) is 9.92. The molecule has 2 aromatic heterocycles. The molecule has 2 heterocycles. The van der Waals surface area contributed by atoms with Crippen molar-refractivity contribution in [3.8, 4) is 6.07 Å². The Kier molecular flexibility index (Phi) is 1.21. The quantitative estimate of drug-likeness (QED) is 0.437. The number of nitrogens with one attached hydrogen (secondary N) is 1. The van der Waals surface area contributed by atoms with E-state index in [9.17, 15) is 5.21 Å². The molecule has 0 saturated heterocycles. The highest BCUT2D eigenvalue weighted by molar-refractivity contribution is 5.71. The SMILES string of the molecule is N#Cc1cc2cn[nH]c2[n+]([O-])c1. The van der Waals surface area contributed by atoms with Crippen LogP contribution in [0.25, 0.3) is 11.0 Å². The molecule has 0 radical (unpaired) electrons. The molecule has 0 unspecified atom stereocenters. The summed E-state index contributed by atoms with van der Waals surface area (Å²) >= 11 is 0. The predicted molar refractivity (Wildman–Crippen MR) is 39.8 cm³/mol. The van der Waals surface area contributed by atoms with Crippen LogP contribution >= 0.6 is 0 Å². The smallest absolute Gasteiger partial charge is 0.311 e. The van der Waals surface area contributed by atoms with Crippen molar-refractivity contribution in [2.24, 2.45) is 0 Å². The molecule has 2 rings (SSSR count). The van der Waals surface area contributed by atoms with Crippen LogP contribution in [0.1, 0.15) is 5.56 Å². The van der Waals surface area contributed by atoms with Gasteiger partial charge in [0.2, 0.25) is 0 Å². The van der Waals surface area contributed by atoms with Crippen molar-refractivity contribution in [2.75, 3.05) is 0 Å². The van der Waals surface area contributed by atoms with E-state index in [0.717, 1.165) is 0 Å². The summed E-state index contributed by atoms with van der Waals surface area (Å²) < 4.78 is 0.598. The zero-order valence-electron chi connectivity index (χ0n) is 5.98. The van der Waals surface area contributed by atoms with Gasteiger partial charge >= 0.3 is 5.65 Å². The molecule has 1 N–H and O–H groups in total. The number of nitriles is 1. The van der Waals surface area contributed by atoms with E-state index in [1.807, 2.05) is 6.07 Å². The summed E-state index contributed by atoms with van der Waals surface area (Å²) in [5.74, 6) is 0. The molecule has 0 atom stereocenters. The van der Waals surface area contributed by atoms with Crippen LogP contribution in [0.3, 0.4) is 0 Å². The van der Waals surface area contributed by atoms with Crippen molar-refractivity contribution in [1.29, 1.82) is 5.26 Å². The maximum absolute atomic E-state index is 11.1. The lowest BCUT2D eigenvalue weighted by Crippen LogP contribution is -2.27. The molecular weight excluding hydrogens is 156 g/mol. The molecule has 0 aliphatic carbocycles. The van der Waals surface area contributed by atoms with E-state index in [1.165, 1.54) is 12.4 Å². The number of hydrogen-bond acceptors (Lipinski definition) is 3. The predicted octanol–water partition coefficient (Wildman–Crippen LogP) is 0.0680. The summed E-state index contributed by atoms with van der Waals surface area (Å²) in [5, 5.41) is 26.5. The number of rotatable bonds is 0. The first-order valence-corrected chi connectivity index (χ1v) is 3.27. The van der Waals surface area contributed by atoms with Gasteiger partial charge in [-0.15, -0.1) is 5.10 Å². The fourth-order valence-electron chi connectivity index (χ4n) is 1.03. The van der Waals surface area contributed by atoms with Crippen molar-refractivity contribution in [2.45, 2.75) is 0 Å². The summed E-state index contributed by atoms with van der Waals surface area (Å²) in [4.78, 5) is 0. The molecule has 0 aliphatic heterocycles. The maximum Gasteiger partial charge on any atom is 0.311 e. The standard InChI is InChI=1S/C7H4N4O/c8-2-5-1-6-3-9-10-7(6)11(12)4-5/h1,3-4H,(H,9,10). The van der Waals surface area contributed by atoms with Gasteiger partial charge in [0.15, 0.2) is 0 Å². The van der Waals surface area contributed by atoms with E-state index in [0.29, 0.717) is 21.3 Å². The molecule has 12 heavy (non-hydrogen) atoms. The van der Waals surface area contributed by atoms with Gasteiger partial charge in [-0.25, -0.2) is 4.73 Å². The van der Waals surface area contributed by atoms with Crippen molar-refractivity contribution in [1.82, 2.24) is 10.2 Å². The third-order valence-electron chi connectivity index (χ3n) is 1.56. The fourth-order valence-corrected chi connectivity index (χ4v) is 1.03. The Hall–Kier alpha value is -2.09. The van der Waals surface area contributed by atoms with E-state index in [4.69, 9.17) is 5.26 Å². The van der Waals surface area contributed by atoms with Gasteiger partial charge in [0, 0.05) is 0 Å². The Labute approximate surface area is 67.4 Å². The zero-order chi connectivity index (χ0) is 8.55. The van der Waals surface area contributed by atoms with E-state index >= 15 is 0 Å². The minimum Gasteiger partial charge on any atom is -0.710 e. The van der Waals surface area contributed by atoms with Gasteiger partial charge in [-0.05, 0) is 6.07 Å². The molecule has 0 saturated carbocycles. The summed E-state index contributed by atoms with van der Waals surface area (Å²) in [5.41, 5.74) is 0.702. The highest BCUT2D eigenvalue weighted by Gasteiger charge is 2.05. The van der Waals surface area contributed by atoms with Crippen LogP contribution in [0.4, 0.5) is 0 Å². The van der Waals surface area contributed by atoms with E-state index in [-0.39, 0.29) is 0 Å². The Balaban J connectivity index is 2.86. The van der Waals surface area contributed by atoms with Crippen molar-refractivity contribution in [3.05, 3.63) is 29.2 Å². The van der Waals surface area contributed by atoms with Crippen LogP contribution in [0.2, 0.25) is 0 Å². The Morgan fingerprint density at radius 3 is 3.25 bits per heavy atom. The van der Waals surface area contributed by atoms with Gasteiger partial charge in [0.1, 0.15) is 12.3 Å². The molecule has 0 spiro atoms. The Morgan fingerprint density at radius 1 is 1.67 bits per heavy atom. The molecule has 0 aromatic carbocycles. The summed E-state index contributed by atoms with van der Waals surface area (Å²) in [6.45, 7) is 0. The van der Waals surface area contributed by atoms with E-state index in [1.54, 1.807) is 6.07 Å². The second-order valence-electron chi connectivity index (χ2n) is 2.34. The van der Waals surface area contributed by atoms with Crippen molar-refractivity contribution in [3.63, 3.8) is 0 Å². The van der Waals surface area contributed by atoms with Gasteiger partial charge < -0.3 is 5.21 Å². The molecule has 58 valence electrons. The lowest BCUT2D eigenvalue weighted by atomic mass is 10.2. The monoisotopic (exact) mass is 160 g/mol. The number of hydrogen-bond donors (Lipinski definition) is 1. The minimum absolute atomic E-state index is 0.332. The van der Waals surface area contributed by atoms with Crippen LogP contribution in [0.15, 0.2) is 18.5 Å². The number of pyridine rings is 1. The second kappa shape index (κ2) is 2.20. The van der Waals surface area contributed by atoms with Crippen molar-refractivity contribution < 1.29 is 4.73 Å². The maximum atomic E-state index is 11.1. The molecule has 0 bridgehead atoms. The van der Waals surface area contributed by atoms with Crippen LogP contribution in [-0.4, -0.2) is 10.2 Å². The largest absolute Gasteiger partial charge is 0.710 e. The Morgan fingerprint density at radius 2 is 2.50 bits per heavy atom. The molecule has 2 aromatic rings. The number of aromatic amines is 1. The van der Waals surface area contributed by atoms with Crippen LogP contribution < -0.4 is 4.73 Å². The Bertz CT molecular complexity index is 468. The molecule has 0 aliphatic rings. The number of H-pyrrole nitrogens is 1. The highest BCUT2D eigenvalue weighted by atomic mass is 16.5. The average molecular weight is 160 g/mol. The first-order valence-electron chi connectivity index (χ1n) is 3.27. The van der Waals surface area contributed by atoms with E-state index in [2.05, 4.69) is 10.2 Å². The van der Waals surface area contributed by atoms with Gasteiger partial charge in [0.05, 0.1) is 17.1 Å². The number of fused-ring (bicyclic) bond motifs is 1. The van der Waals surface area contributed by atoms with E-state index < -0.39 is 0 Å². The summed E-state index contributed by atoms with van der Waals surface area (Å²) in [6, 6.07) is 3.49. The lowest BCUT2D eigenvalue weighted by molar-refractivity contribution is -0.579. The topological polar surface area (TPSA) is 79.4 Å². The third-order valence-corrected chi connectivity index (χ3v) is 1.56. The first kappa shape index (κ1) is 6.61.